The molecule has 5 nitrogen and oxygen atoms in total. The number of hydrogen-bond donors (Lipinski definition) is 2. The predicted molar refractivity (Wildman–Crippen MR) is 117 cm³/mol. The van der Waals surface area contributed by atoms with E-state index in [9.17, 15) is 14.7 Å². The number of carboxylic acids is 1. The summed E-state index contributed by atoms with van der Waals surface area (Å²) in [5.74, 6) is -2.80. The number of nitrogens with zero attached hydrogens (tertiary/aromatic N) is 1. The number of benzene rings is 2. The van der Waals surface area contributed by atoms with E-state index in [0.29, 0.717) is 42.4 Å². The van der Waals surface area contributed by atoms with Crippen molar-refractivity contribution in [3.63, 3.8) is 0 Å². The zero-order valence-electron chi connectivity index (χ0n) is 16.4. The van der Waals surface area contributed by atoms with Crippen LogP contribution < -0.4 is 0 Å². The second-order valence-electron chi connectivity index (χ2n) is 7.69. The molecule has 0 amide bonds. The minimum absolute atomic E-state index is 0.358. The molecular weight excluding hydrogens is 425 g/mol. The van der Waals surface area contributed by atoms with Crippen LogP contribution in [0.25, 0.3) is 0 Å². The maximum absolute atomic E-state index is 13.0. The molecule has 1 fully saturated rings. The first-order valence-electron chi connectivity index (χ1n) is 9.67. The third kappa shape index (κ3) is 5.63. The second-order valence-corrected chi connectivity index (χ2v) is 8.56. The fraction of sp³-hybridized carbons (Fsp3) is 0.304. The first-order chi connectivity index (χ1) is 14.3. The van der Waals surface area contributed by atoms with E-state index in [1.54, 1.807) is 12.1 Å². The Kier molecular flexibility index (Phi) is 7.19. The quantitative estimate of drug-likeness (QED) is 0.465. The number of ketones is 1. The molecule has 0 atom stereocenters. The number of carboxylic acid groups (broad SMARTS) is 1. The average Bonchev–Trinajstić information content (AvgIpc) is 2.72. The van der Waals surface area contributed by atoms with Crippen molar-refractivity contribution in [2.75, 3.05) is 13.1 Å². The van der Waals surface area contributed by atoms with Crippen LogP contribution >= 0.6 is 23.2 Å². The standard InChI is InChI=1S/C23H23Cl2NO4/c24-18-5-1-16(2-6-18)14-23(21(28)13-20(27)22(29)30)9-11-26(12-10-23)15-17-3-7-19(25)8-4-17/h1-8,13,27H,9-12,14-15H2,(H,29,30)/b20-13-. The van der Waals surface area contributed by atoms with Crippen LogP contribution in [0.1, 0.15) is 24.0 Å². The van der Waals surface area contributed by atoms with E-state index in [1.807, 2.05) is 36.4 Å². The molecule has 2 N–H and O–H groups in total. The number of carbonyl (C=O) groups excluding carboxylic acids is 1. The number of aliphatic hydroxyl groups is 1. The van der Waals surface area contributed by atoms with Crippen LogP contribution in [0, 0.1) is 5.41 Å². The van der Waals surface area contributed by atoms with Crippen molar-refractivity contribution in [3.8, 4) is 0 Å². The highest BCUT2D eigenvalue weighted by Crippen LogP contribution is 2.37. The van der Waals surface area contributed by atoms with Crippen molar-refractivity contribution < 1.29 is 19.8 Å². The van der Waals surface area contributed by atoms with Gasteiger partial charge in [-0.25, -0.2) is 4.79 Å². The van der Waals surface area contributed by atoms with Gasteiger partial charge in [-0.3, -0.25) is 9.69 Å². The molecule has 7 heteroatoms. The van der Waals surface area contributed by atoms with Gasteiger partial charge in [0, 0.05) is 28.1 Å². The molecule has 0 saturated carbocycles. The lowest BCUT2D eigenvalue weighted by atomic mass is 9.70. The molecule has 0 aliphatic carbocycles. The summed E-state index contributed by atoms with van der Waals surface area (Å²) in [5, 5.41) is 19.9. The Morgan fingerprint density at radius 3 is 1.90 bits per heavy atom. The molecule has 0 bridgehead atoms. The Labute approximate surface area is 185 Å². The third-order valence-corrected chi connectivity index (χ3v) is 6.10. The van der Waals surface area contributed by atoms with Crippen molar-refractivity contribution >= 4 is 35.0 Å². The van der Waals surface area contributed by atoms with E-state index in [2.05, 4.69) is 4.90 Å². The number of likely N-dealkylation sites (tertiary alicyclic amines) is 1. The van der Waals surface area contributed by atoms with E-state index >= 15 is 0 Å². The van der Waals surface area contributed by atoms with Crippen LogP contribution in [0.4, 0.5) is 0 Å². The van der Waals surface area contributed by atoms with Gasteiger partial charge in [0.15, 0.2) is 5.78 Å². The Balaban J connectivity index is 1.77. The lowest BCUT2D eigenvalue weighted by molar-refractivity contribution is -0.136. The summed E-state index contributed by atoms with van der Waals surface area (Å²) in [4.78, 5) is 26.3. The number of rotatable bonds is 7. The van der Waals surface area contributed by atoms with Gasteiger partial charge in [-0.1, -0.05) is 47.5 Å². The number of aliphatic hydroxyl groups excluding tert-OH is 1. The molecular formula is C23H23Cl2NO4. The molecule has 0 aromatic heterocycles. The van der Waals surface area contributed by atoms with E-state index in [1.165, 1.54) is 0 Å². The molecule has 1 aliphatic rings. The summed E-state index contributed by atoms with van der Waals surface area (Å²) < 4.78 is 0. The molecule has 0 spiro atoms. The minimum Gasteiger partial charge on any atom is -0.502 e. The Hall–Kier alpha value is -2.34. The van der Waals surface area contributed by atoms with E-state index in [4.69, 9.17) is 28.3 Å². The Bertz CT molecular complexity index is 931. The molecule has 1 aliphatic heterocycles. The van der Waals surface area contributed by atoms with Crippen molar-refractivity contribution in [1.29, 1.82) is 0 Å². The van der Waals surface area contributed by atoms with E-state index in [-0.39, 0.29) is 5.78 Å². The summed E-state index contributed by atoms with van der Waals surface area (Å²) >= 11 is 11.9. The number of aliphatic carboxylic acids is 1. The number of hydrogen-bond acceptors (Lipinski definition) is 4. The first kappa shape index (κ1) is 22.3. The fourth-order valence-corrected chi connectivity index (χ4v) is 4.08. The van der Waals surface area contributed by atoms with E-state index in [0.717, 1.165) is 23.7 Å². The van der Waals surface area contributed by atoms with Gasteiger partial charge in [-0.2, -0.15) is 0 Å². The van der Waals surface area contributed by atoms with Gasteiger partial charge in [0.05, 0.1) is 0 Å². The smallest absolute Gasteiger partial charge is 0.371 e. The normalized spacial score (nSPS) is 16.9. The number of halogens is 2. The van der Waals surface area contributed by atoms with Gasteiger partial charge in [0.25, 0.3) is 0 Å². The van der Waals surface area contributed by atoms with Gasteiger partial charge in [-0.05, 0) is 67.7 Å². The molecule has 2 aromatic carbocycles. The monoisotopic (exact) mass is 447 g/mol. The second kappa shape index (κ2) is 9.65. The number of piperidine rings is 1. The lowest BCUT2D eigenvalue weighted by Crippen LogP contribution is -2.45. The lowest BCUT2D eigenvalue weighted by Gasteiger charge is -2.40. The molecule has 1 heterocycles. The summed E-state index contributed by atoms with van der Waals surface area (Å²) in [6, 6.07) is 15.0. The van der Waals surface area contributed by atoms with Gasteiger partial charge in [-0.15, -0.1) is 0 Å². The van der Waals surface area contributed by atoms with Crippen molar-refractivity contribution in [1.82, 2.24) is 4.90 Å². The highest BCUT2D eigenvalue weighted by atomic mass is 35.5. The summed E-state index contributed by atoms with van der Waals surface area (Å²) in [5.41, 5.74) is 1.31. The van der Waals surface area contributed by atoms with Gasteiger partial charge < -0.3 is 10.2 Å². The average molecular weight is 448 g/mol. The molecule has 158 valence electrons. The fourth-order valence-electron chi connectivity index (χ4n) is 3.83. The van der Waals surface area contributed by atoms with Crippen LogP contribution in [-0.4, -0.2) is 40.0 Å². The first-order valence-corrected chi connectivity index (χ1v) is 10.4. The Morgan fingerprint density at radius 1 is 0.900 bits per heavy atom. The molecule has 0 unspecified atom stereocenters. The van der Waals surface area contributed by atoms with Gasteiger partial charge in [0.2, 0.25) is 5.76 Å². The molecule has 3 rings (SSSR count). The maximum atomic E-state index is 13.0. The number of carbonyl (C=O) groups is 2. The largest absolute Gasteiger partial charge is 0.502 e. The Morgan fingerprint density at radius 2 is 1.40 bits per heavy atom. The van der Waals surface area contributed by atoms with Crippen molar-refractivity contribution in [3.05, 3.63) is 81.5 Å². The molecule has 1 saturated heterocycles. The minimum atomic E-state index is -1.51. The molecule has 2 aromatic rings. The number of allylic oxidation sites excluding steroid dienone is 1. The zero-order valence-corrected chi connectivity index (χ0v) is 17.9. The van der Waals surface area contributed by atoms with Crippen molar-refractivity contribution in [2.45, 2.75) is 25.8 Å². The van der Waals surface area contributed by atoms with Crippen LogP contribution in [-0.2, 0) is 22.6 Å². The SMILES string of the molecule is O=C(O)/C(O)=C/C(=O)C1(Cc2ccc(Cl)cc2)CCN(Cc2ccc(Cl)cc2)CC1. The van der Waals surface area contributed by atoms with Crippen LogP contribution in [0.15, 0.2) is 60.4 Å². The molecule has 30 heavy (non-hydrogen) atoms. The van der Waals surface area contributed by atoms with Gasteiger partial charge >= 0.3 is 5.97 Å². The summed E-state index contributed by atoms with van der Waals surface area (Å²) in [6.07, 6.45) is 2.44. The highest BCUT2D eigenvalue weighted by Gasteiger charge is 2.40. The van der Waals surface area contributed by atoms with Crippen molar-refractivity contribution in [2.24, 2.45) is 5.41 Å². The summed E-state index contributed by atoms with van der Waals surface area (Å²) in [6.45, 7) is 2.12. The maximum Gasteiger partial charge on any atom is 0.371 e. The third-order valence-electron chi connectivity index (χ3n) is 5.60. The van der Waals surface area contributed by atoms with Crippen LogP contribution in [0.2, 0.25) is 10.0 Å². The van der Waals surface area contributed by atoms with Gasteiger partial charge in [0.1, 0.15) is 0 Å². The summed E-state index contributed by atoms with van der Waals surface area (Å²) in [7, 11) is 0. The van der Waals surface area contributed by atoms with Crippen LogP contribution in [0.3, 0.4) is 0 Å². The zero-order chi connectivity index (χ0) is 21.7. The van der Waals surface area contributed by atoms with E-state index < -0.39 is 17.1 Å². The van der Waals surface area contributed by atoms with Crippen LogP contribution in [0.5, 0.6) is 0 Å². The predicted octanol–water partition coefficient (Wildman–Crippen LogP) is 4.91. The highest BCUT2D eigenvalue weighted by molar-refractivity contribution is 6.30. The topological polar surface area (TPSA) is 77.8 Å². The molecule has 0 radical (unpaired) electrons.